The zero-order chi connectivity index (χ0) is 17.9. The van der Waals surface area contributed by atoms with E-state index in [9.17, 15) is 4.79 Å². The predicted molar refractivity (Wildman–Crippen MR) is 102 cm³/mol. The Kier molecular flexibility index (Phi) is 4.57. The molecule has 0 aliphatic carbocycles. The Bertz CT molecular complexity index is 896. The first kappa shape index (κ1) is 16.6. The molecule has 3 aromatic rings. The smallest absolute Gasteiger partial charge is 0.272 e. The molecule has 1 saturated heterocycles. The third-order valence-electron chi connectivity index (χ3n) is 4.32. The maximum Gasteiger partial charge on any atom is 0.272 e. The molecule has 4 rings (SSSR count). The summed E-state index contributed by atoms with van der Waals surface area (Å²) in [7, 11) is 1.61. The van der Waals surface area contributed by atoms with E-state index < -0.39 is 0 Å². The Labute approximate surface area is 155 Å². The quantitative estimate of drug-likeness (QED) is 0.748. The van der Waals surface area contributed by atoms with Crippen LogP contribution < -0.4 is 15.0 Å². The van der Waals surface area contributed by atoms with Crippen LogP contribution >= 0.6 is 11.3 Å². The Morgan fingerprint density at radius 2 is 1.85 bits per heavy atom. The van der Waals surface area contributed by atoms with Crippen LogP contribution in [0.1, 0.15) is 23.3 Å². The summed E-state index contributed by atoms with van der Waals surface area (Å²) in [6, 6.07) is 10.8. The minimum Gasteiger partial charge on any atom is -0.497 e. The third-order valence-corrected chi connectivity index (χ3v) is 5.30. The number of carbonyl (C=O) groups excluding carboxylic acids is 1. The van der Waals surface area contributed by atoms with Crippen molar-refractivity contribution in [2.75, 3.05) is 30.4 Å². The van der Waals surface area contributed by atoms with Crippen LogP contribution in [0.15, 0.2) is 42.6 Å². The fourth-order valence-electron chi connectivity index (χ4n) is 2.94. The number of anilines is 2. The largest absolute Gasteiger partial charge is 0.497 e. The van der Waals surface area contributed by atoms with E-state index in [0.29, 0.717) is 16.5 Å². The molecular formula is C18H19N5O2S. The number of hydrogen-bond acceptors (Lipinski definition) is 6. The van der Waals surface area contributed by atoms with E-state index in [1.54, 1.807) is 29.9 Å². The number of nitrogens with one attached hydrogen (secondary N) is 1. The maximum absolute atomic E-state index is 12.7. The monoisotopic (exact) mass is 369 g/mol. The Hall–Kier alpha value is -2.87. The maximum atomic E-state index is 12.7. The number of nitrogens with zero attached hydrogens (tertiary/aromatic N) is 4. The number of hydrogen-bond donors (Lipinski definition) is 1. The van der Waals surface area contributed by atoms with Gasteiger partial charge in [-0.25, -0.2) is 0 Å². The summed E-state index contributed by atoms with van der Waals surface area (Å²) in [6.45, 7) is 2.04. The van der Waals surface area contributed by atoms with Gasteiger partial charge >= 0.3 is 0 Å². The lowest BCUT2D eigenvalue weighted by atomic mass is 10.3. The first-order valence-corrected chi connectivity index (χ1v) is 9.28. The van der Waals surface area contributed by atoms with Crippen molar-refractivity contribution in [3.63, 3.8) is 0 Å². The van der Waals surface area contributed by atoms with E-state index in [4.69, 9.17) is 4.74 Å². The minimum atomic E-state index is -0.196. The summed E-state index contributed by atoms with van der Waals surface area (Å²) in [5.74, 6) is 0.549. The lowest BCUT2D eigenvalue weighted by molar-refractivity contribution is 0.102. The van der Waals surface area contributed by atoms with E-state index in [1.807, 2.05) is 24.4 Å². The minimum absolute atomic E-state index is 0.196. The second kappa shape index (κ2) is 7.17. The van der Waals surface area contributed by atoms with Crippen molar-refractivity contribution >= 4 is 28.1 Å². The summed E-state index contributed by atoms with van der Waals surface area (Å²) >= 11 is 1.50. The lowest BCUT2D eigenvalue weighted by Gasteiger charge is -2.11. The van der Waals surface area contributed by atoms with E-state index in [1.165, 1.54) is 24.2 Å². The van der Waals surface area contributed by atoms with E-state index in [0.717, 1.165) is 24.0 Å². The molecule has 7 nitrogen and oxygen atoms in total. The molecule has 2 aromatic heterocycles. The van der Waals surface area contributed by atoms with Gasteiger partial charge < -0.3 is 15.0 Å². The lowest BCUT2D eigenvalue weighted by Crippen LogP contribution is -2.17. The fourth-order valence-corrected chi connectivity index (χ4v) is 3.84. The van der Waals surface area contributed by atoms with Crippen LogP contribution in [0.25, 0.3) is 5.13 Å². The molecule has 0 spiro atoms. The molecule has 134 valence electrons. The standard InChI is InChI=1S/C18H19N5O2S/c1-25-14-8-6-13(7-9-14)19-16(24)15-5-4-12-23(15)18-21-20-17(26-18)22-10-2-3-11-22/h4-9,12H,2-3,10-11H2,1H3,(H,19,24). The Morgan fingerprint density at radius 1 is 1.12 bits per heavy atom. The number of carbonyl (C=O) groups is 1. The molecule has 0 unspecified atom stereocenters. The summed E-state index contributed by atoms with van der Waals surface area (Å²) in [5.41, 5.74) is 1.23. The number of ether oxygens (including phenoxy) is 1. The van der Waals surface area contributed by atoms with Crippen LogP contribution in [0.5, 0.6) is 5.75 Å². The number of rotatable bonds is 5. The second-order valence-corrected chi connectivity index (χ2v) is 6.94. The SMILES string of the molecule is COc1ccc(NC(=O)c2cccn2-c2nnc(N3CCCC3)s2)cc1. The number of methoxy groups -OCH3 is 1. The average Bonchev–Trinajstić information content (AvgIpc) is 3.42. The molecule has 26 heavy (non-hydrogen) atoms. The second-order valence-electron chi connectivity index (χ2n) is 6.01. The predicted octanol–water partition coefficient (Wildman–Crippen LogP) is 3.19. The van der Waals surface area contributed by atoms with Gasteiger partial charge in [0.1, 0.15) is 11.4 Å². The van der Waals surface area contributed by atoms with Gasteiger partial charge in [-0.05, 0) is 49.2 Å². The Morgan fingerprint density at radius 3 is 2.58 bits per heavy atom. The normalized spacial score (nSPS) is 13.8. The topological polar surface area (TPSA) is 72.3 Å². The van der Waals surface area contributed by atoms with E-state index >= 15 is 0 Å². The van der Waals surface area contributed by atoms with Crippen molar-refractivity contribution in [2.24, 2.45) is 0 Å². The first-order chi connectivity index (χ1) is 12.7. The summed E-state index contributed by atoms with van der Waals surface area (Å²) in [4.78, 5) is 14.9. The molecule has 0 atom stereocenters. The molecule has 8 heteroatoms. The highest BCUT2D eigenvalue weighted by Gasteiger charge is 2.19. The van der Waals surface area contributed by atoms with E-state index in [2.05, 4.69) is 20.4 Å². The molecule has 1 N–H and O–H groups in total. The molecule has 1 aliphatic rings. The van der Waals surface area contributed by atoms with Gasteiger partial charge in [0.2, 0.25) is 10.3 Å². The summed E-state index contributed by atoms with van der Waals surface area (Å²) in [5, 5.41) is 13.1. The fraction of sp³-hybridized carbons (Fsp3) is 0.278. The van der Waals surface area contributed by atoms with Crippen LogP contribution in [0.3, 0.4) is 0 Å². The number of benzene rings is 1. The molecule has 0 radical (unpaired) electrons. The summed E-state index contributed by atoms with van der Waals surface area (Å²) < 4.78 is 6.91. The van der Waals surface area contributed by atoms with Gasteiger partial charge in [0.05, 0.1) is 7.11 Å². The van der Waals surface area contributed by atoms with Gasteiger partial charge in [-0.15, -0.1) is 10.2 Å². The highest BCUT2D eigenvalue weighted by atomic mass is 32.1. The van der Waals surface area contributed by atoms with Crippen molar-refractivity contribution in [3.8, 4) is 10.9 Å². The molecule has 3 heterocycles. The van der Waals surface area contributed by atoms with Crippen LogP contribution in [0.4, 0.5) is 10.8 Å². The highest BCUT2D eigenvalue weighted by molar-refractivity contribution is 7.17. The van der Waals surface area contributed by atoms with Gasteiger partial charge in [-0.2, -0.15) is 0 Å². The molecular weight excluding hydrogens is 350 g/mol. The molecule has 1 aliphatic heterocycles. The van der Waals surface area contributed by atoms with Gasteiger partial charge in [-0.1, -0.05) is 11.3 Å². The van der Waals surface area contributed by atoms with Gasteiger partial charge in [-0.3, -0.25) is 9.36 Å². The zero-order valence-electron chi connectivity index (χ0n) is 14.4. The van der Waals surface area contributed by atoms with Crippen molar-refractivity contribution in [1.82, 2.24) is 14.8 Å². The molecule has 1 aromatic carbocycles. The van der Waals surface area contributed by atoms with Crippen LogP contribution in [-0.2, 0) is 0 Å². The third kappa shape index (κ3) is 3.28. The first-order valence-electron chi connectivity index (χ1n) is 8.46. The van der Waals surface area contributed by atoms with Crippen LogP contribution in [0.2, 0.25) is 0 Å². The summed E-state index contributed by atoms with van der Waals surface area (Å²) in [6.07, 6.45) is 4.21. The molecule has 0 bridgehead atoms. The van der Waals surface area contributed by atoms with Gasteiger partial charge in [0, 0.05) is 25.0 Å². The highest BCUT2D eigenvalue weighted by Crippen LogP contribution is 2.27. The van der Waals surface area contributed by atoms with Crippen molar-refractivity contribution in [2.45, 2.75) is 12.8 Å². The van der Waals surface area contributed by atoms with Crippen molar-refractivity contribution in [3.05, 3.63) is 48.3 Å². The van der Waals surface area contributed by atoms with Crippen LogP contribution in [-0.4, -0.2) is 40.9 Å². The van der Waals surface area contributed by atoms with Crippen LogP contribution in [0, 0.1) is 0 Å². The molecule has 1 fully saturated rings. The number of aromatic nitrogens is 3. The zero-order valence-corrected chi connectivity index (χ0v) is 15.2. The van der Waals surface area contributed by atoms with Crippen molar-refractivity contribution < 1.29 is 9.53 Å². The molecule has 1 amide bonds. The number of amides is 1. The molecule has 0 saturated carbocycles. The van der Waals surface area contributed by atoms with Crippen molar-refractivity contribution in [1.29, 1.82) is 0 Å². The van der Waals surface area contributed by atoms with E-state index in [-0.39, 0.29) is 5.91 Å². The van der Waals surface area contributed by atoms with Gasteiger partial charge in [0.15, 0.2) is 0 Å². The average molecular weight is 369 g/mol. The Balaban J connectivity index is 1.53. The van der Waals surface area contributed by atoms with Gasteiger partial charge in [0.25, 0.3) is 5.91 Å².